The molecule has 1 aliphatic rings. The molecule has 1 atom stereocenters. The van der Waals surface area contributed by atoms with E-state index < -0.39 is 21.9 Å². The quantitative estimate of drug-likeness (QED) is 0.225. The number of ether oxygens (including phenoxy) is 1. The van der Waals surface area contributed by atoms with Crippen molar-refractivity contribution < 1.29 is 27.1 Å². The number of nitrogens with one attached hydrogen (secondary N) is 1. The molecule has 0 spiro atoms. The zero-order chi connectivity index (χ0) is 32.2. The Kier molecular flexibility index (Phi) is 12.4. The Balaban J connectivity index is 1.58. The van der Waals surface area contributed by atoms with E-state index in [2.05, 4.69) is 5.32 Å². The van der Waals surface area contributed by atoms with E-state index in [1.54, 1.807) is 42.5 Å². The van der Waals surface area contributed by atoms with Gasteiger partial charge < -0.3 is 15.0 Å². The molecule has 45 heavy (non-hydrogen) atoms. The number of halogens is 1. The van der Waals surface area contributed by atoms with E-state index >= 15 is 0 Å². The minimum atomic E-state index is -3.65. The van der Waals surface area contributed by atoms with Gasteiger partial charge in [-0.1, -0.05) is 67.8 Å². The summed E-state index contributed by atoms with van der Waals surface area (Å²) in [6.45, 7) is 2.33. The molecule has 242 valence electrons. The van der Waals surface area contributed by atoms with Crippen LogP contribution in [0.5, 0.6) is 5.75 Å². The average Bonchev–Trinajstić information content (AvgIpc) is 3.03. The van der Waals surface area contributed by atoms with E-state index in [-0.39, 0.29) is 50.2 Å². The van der Waals surface area contributed by atoms with Crippen molar-refractivity contribution in [2.45, 2.75) is 76.9 Å². The smallest absolute Gasteiger partial charge is 0.243 e. The highest BCUT2D eigenvalue weighted by Gasteiger charge is 2.32. The number of hydrogen-bond acceptors (Lipinski definition) is 5. The van der Waals surface area contributed by atoms with Gasteiger partial charge in [0.1, 0.15) is 17.6 Å². The molecule has 2 amide bonds. The zero-order valence-corrected chi connectivity index (χ0v) is 27.0. The molecule has 0 aromatic heterocycles. The number of sulfonamides is 1. The molecule has 0 radical (unpaired) electrons. The topological polar surface area (TPSA) is 96.0 Å². The summed E-state index contributed by atoms with van der Waals surface area (Å²) in [4.78, 5) is 29.4. The molecule has 0 bridgehead atoms. The van der Waals surface area contributed by atoms with Gasteiger partial charge in [0.05, 0.1) is 18.6 Å². The second-order valence-corrected chi connectivity index (χ2v) is 13.4. The summed E-state index contributed by atoms with van der Waals surface area (Å²) in [5.41, 5.74) is 1.65. The van der Waals surface area contributed by atoms with E-state index in [1.165, 1.54) is 15.3 Å². The molecule has 0 heterocycles. The van der Waals surface area contributed by atoms with Crippen LogP contribution in [0.1, 0.15) is 63.0 Å². The maximum absolute atomic E-state index is 14.9. The second-order valence-electron chi connectivity index (χ2n) is 11.5. The summed E-state index contributed by atoms with van der Waals surface area (Å²) in [6, 6.07) is 21.6. The number of carbonyl (C=O) groups excluding carboxylic acids is 2. The standard InChI is InChI=1S/C35H44FN3O5S/c1-3-44-31-22-20-30(21-23-31)39(45(2,42)43)24-12-19-34(40)38(26-28-15-10-11-18-32(28)36)33(25-27-13-6-4-7-14-27)35(41)37-29-16-8-5-9-17-29/h4,6-7,10-11,13-15,18,20-23,29,33H,3,5,8-9,12,16-17,19,24-26H2,1-2H3,(H,37,41)/t33-/m1/s1. The van der Waals surface area contributed by atoms with Crippen molar-refractivity contribution in [2.75, 3.05) is 23.7 Å². The van der Waals surface area contributed by atoms with Crippen LogP contribution in [0.3, 0.4) is 0 Å². The van der Waals surface area contributed by atoms with Gasteiger partial charge in [-0.15, -0.1) is 0 Å². The van der Waals surface area contributed by atoms with Crippen molar-refractivity contribution in [3.8, 4) is 5.75 Å². The first kappa shape index (κ1) is 34.0. The Labute approximate surface area is 266 Å². The third-order valence-electron chi connectivity index (χ3n) is 8.11. The Morgan fingerprint density at radius 2 is 1.62 bits per heavy atom. The summed E-state index contributed by atoms with van der Waals surface area (Å²) >= 11 is 0. The highest BCUT2D eigenvalue weighted by Crippen LogP contribution is 2.24. The van der Waals surface area contributed by atoms with Crippen LogP contribution < -0.4 is 14.4 Å². The fraction of sp³-hybridized carbons (Fsp3) is 0.429. The zero-order valence-electron chi connectivity index (χ0n) is 26.2. The number of hydrogen-bond donors (Lipinski definition) is 1. The van der Waals surface area contributed by atoms with Crippen molar-refractivity contribution in [3.05, 3.63) is 95.8 Å². The summed E-state index contributed by atoms with van der Waals surface area (Å²) < 4.78 is 47.1. The van der Waals surface area contributed by atoms with Crippen LogP contribution in [0.4, 0.5) is 10.1 Å². The van der Waals surface area contributed by atoms with Gasteiger partial charge in [-0.3, -0.25) is 13.9 Å². The first-order valence-electron chi connectivity index (χ1n) is 15.7. The molecule has 0 aliphatic heterocycles. The summed E-state index contributed by atoms with van der Waals surface area (Å²) in [7, 11) is -3.65. The molecule has 10 heteroatoms. The molecule has 4 rings (SSSR count). The van der Waals surface area contributed by atoms with E-state index in [9.17, 15) is 22.4 Å². The predicted octanol–water partition coefficient (Wildman–Crippen LogP) is 5.86. The summed E-state index contributed by atoms with van der Waals surface area (Å²) in [5, 5.41) is 3.18. The van der Waals surface area contributed by atoms with Gasteiger partial charge in [-0.25, -0.2) is 12.8 Å². The number of amides is 2. The number of nitrogens with zero attached hydrogens (tertiary/aromatic N) is 2. The summed E-state index contributed by atoms with van der Waals surface area (Å²) in [5.74, 6) is -0.439. The predicted molar refractivity (Wildman–Crippen MR) is 175 cm³/mol. The third-order valence-corrected chi connectivity index (χ3v) is 9.30. The van der Waals surface area contributed by atoms with Crippen LogP contribution in [0, 0.1) is 5.82 Å². The van der Waals surface area contributed by atoms with E-state index in [1.807, 2.05) is 37.3 Å². The highest BCUT2D eigenvalue weighted by atomic mass is 32.2. The number of benzene rings is 3. The van der Waals surface area contributed by atoms with E-state index in [4.69, 9.17) is 4.74 Å². The van der Waals surface area contributed by atoms with Gasteiger partial charge in [0.2, 0.25) is 21.8 Å². The van der Waals surface area contributed by atoms with Crippen LogP contribution in [0.15, 0.2) is 78.9 Å². The lowest BCUT2D eigenvalue weighted by atomic mass is 9.94. The minimum Gasteiger partial charge on any atom is -0.494 e. The largest absolute Gasteiger partial charge is 0.494 e. The van der Waals surface area contributed by atoms with Gasteiger partial charge in [0.15, 0.2) is 0 Å². The normalized spacial score (nSPS) is 14.4. The fourth-order valence-corrected chi connectivity index (χ4v) is 6.75. The molecule has 1 aliphatic carbocycles. The Morgan fingerprint density at radius 1 is 0.956 bits per heavy atom. The maximum Gasteiger partial charge on any atom is 0.243 e. The van der Waals surface area contributed by atoms with E-state index in [0.29, 0.717) is 23.6 Å². The molecular formula is C35H44FN3O5S. The molecule has 0 saturated heterocycles. The highest BCUT2D eigenvalue weighted by molar-refractivity contribution is 7.92. The van der Waals surface area contributed by atoms with E-state index in [0.717, 1.165) is 43.9 Å². The Bertz CT molecular complexity index is 1500. The number of carbonyl (C=O) groups is 2. The second kappa shape index (κ2) is 16.4. The summed E-state index contributed by atoms with van der Waals surface area (Å²) in [6.07, 6.45) is 6.56. The van der Waals surface area contributed by atoms with Crippen LogP contribution in [-0.4, -0.2) is 56.6 Å². The van der Waals surface area contributed by atoms with Crippen LogP contribution in [-0.2, 0) is 32.6 Å². The Hall–Kier alpha value is -3.92. The van der Waals surface area contributed by atoms with Crippen molar-refractivity contribution in [2.24, 2.45) is 0 Å². The van der Waals surface area contributed by atoms with Gasteiger partial charge in [0.25, 0.3) is 0 Å². The number of anilines is 1. The Morgan fingerprint density at radius 3 is 2.27 bits per heavy atom. The molecule has 1 saturated carbocycles. The van der Waals surface area contributed by atoms with Crippen LogP contribution >= 0.6 is 0 Å². The van der Waals surface area contributed by atoms with Gasteiger partial charge >= 0.3 is 0 Å². The van der Waals surface area contributed by atoms with Gasteiger partial charge in [-0.2, -0.15) is 0 Å². The maximum atomic E-state index is 14.9. The lowest BCUT2D eigenvalue weighted by Gasteiger charge is -2.34. The van der Waals surface area contributed by atoms with Gasteiger partial charge in [-0.05, 0) is 62.1 Å². The number of rotatable bonds is 15. The van der Waals surface area contributed by atoms with Crippen molar-refractivity contribution in [1.29, 1.82) is 0 Å². The molecule has 8 nitrogen and oxygen atoms in total. The molecule has 3 aromatic rings. The van der Waals surface area contributed by atoms with Crippen molar-refractivity contribution in [1.82, 2.24) is 10.2 Å². The molecule has 0 unspecified atom stereocenters. The van der Waals surface area contributed by atoms with Crippen molar-refractivity contribution in [3.63, 3.8) is 0 Å². The van der Waals surface area contributed by atoms with Crippen LogP contribution in [0.2, 0.25) is 0 Å². The SMILES string of the molecule is CCOc1ccc(N(CCCC(=O)N(Cc2ccccc2F)[C@H](Cc2ccccc2)C(=O)NC2CCCCC2)S(C)(=O)=O)cc1. The third kappa shape index (κ3) is 10.0. The molecular weight excluding hydrogens is 593 g/mol. The molecule has 1 fully saturated rings. The minimum absolute atomic E-state index is 0.0283. The lowest BCUT2D eigenvalue weighted by Crippen LogP contribution is -2.53. The first-order chi connectivity index (χ1) is 21.7. The van der Waals surface area contributed by atoms with Gasteiger partial charge in [0, 0.05) is 37.5 Å². The molecule has 1 N–H and O–H groups in total. The monoisotopic (exact) mass is 637 g/mol. The molecule has 3 aromatic carbocycles. The van der Waals surface area contributed by atoms with Crippen molar-refractivity contribution >= 4 is 27.5 Å². The fourth-order valence-electron chi connectivity index (χ4n) is 5.79. The first-order valence-corrected chi connectivity index (χ1v) is 17.6. The lowest BCUT2D eigenvalue weighted by molar-refractivity contribution is -0.141. The van der Waals surface area contributed by atoms with Crippen LogP contribution in [0.25, 0.3) is 0 Å². The average molecular weight is 638 g/mol.